The second-order valence-corrected chi connectivity index (χ2v) is 7.86. The molecule has 154 valence electrons. The summed E-state index contributed by atoms with van der Waals surface area (Å²) in [7, 11) is 0. The van der Waals surface area contributed by atoms with Gasteiger partial charge in [0.15, 0.2) is 5.69 Å². The molecule has 0 radical (unpaired) electrons. The minimum Gasteiger partial charge on any atom is -0.362 e. The van der Waals surface area contributed by atoms with Crippen LogP contribution in [0.2, 0.25) is 0 Å². The lowest BCUT2D eigenvalue weighted by molar-refractivity contribution is -0.384. The number of hydrogen-bond donors (Lipinski definition) is 0. The van der Waals surface area contributed by atoms with Crippen LogP contribution < -0.4 is 4.90 Å². The molecule has 9 nitrogen and oxygen atoms in total. The van der Waals surface area contributed by atoms with Crippen LogP contribution in [0.4, 0.5) is 11.4 Å². The summed E-state index contributed by atoms with van der Waals surface area (Å²) in [5, 5.41) is 19.6. The Balaban J connectivity index is 1.49. The van der Waals surface area contributed by atoms with Crippen LogP contribution >= 0.6 is 15.9 Å². The Hall–Kier alpha value is -3.27. The van der Waals surface area contributed by atoms with Crippen LogP contribution in [0.15, 0.2) is 53.0 Å². The van der Waals surface area contributed by atoms with Gasteiger partial charge in [-0.1, -0.05) is 39.3 Å². The highest BCUT2D eigenvalue weighted by atomic mass is 79.9. The maximum Gasteiger partial charge on any atom is 0.292 e. The van der Waals surface area contributed by atoms with E-state index in [0.717, 1.165) is 10.2 Å². The van der Waals surface area contributed by atoms with E-state index >= 15 is 0 Å². The van der Waals surface area contributed by atoms with Gasteiger partial charge in [-0.05, 0) is 31.2 Å². The number of hydrogen-bond acceptors (Lipinski definition) is 6. The number of nitrogens with zero attached hydrogens (tertiary/aromatic N) is 6. The van der Waals surface area contributed by atoms with E-state index in [1.807, 2.05) is 36.1 Å². The van der Waals surface area contributed by atoms with Gasteiger partial charge in [-0.2, -0.15) is 0 Å². The lowest BCUT2D eigenvalue weighted by Crippen LogP contribution is -2.49. The fourth-order valence-corrected chi connectivity index (χ4v) is 3.95. The highest BCUT2D eigenvalue weighted by Crippen LogP contribution is 2.28. The molecule has 1 aromatic heterocycles. The minimum absolute atomic E-state index is 0.0742. The molecule has 0 N–H and O–H groups in total. The standard InChI is InChI=1S/C20H19BrN6O3/c1-14-19(22-23-26(14)16-6-4-5-15(21)13-16)20(28)25-11-9-24(10-12-25)17-7-2-3-8-18(17)27(29)30/h2-8,13H,9-12H2,1H3. The molecule has 0 unspecified atom stereocenters. The lowest BCUT2D eigenvalue weighted by atomic mass is 10.2. The fraction of sp³-hybridized carbons (Fsp3) is 0.250. The molecular weight excluding hydrogens is 452 g/mol. The summed E-state index contributed by atoms with van der Waals surface area (Å²) in [5.74, 6) is -0.184. The van der Waals surface area contributed by atoms with Crippen molar-refractivity contribution in [3.63, 3.8) is 0 Å². The smallest absolute Gasteiger partial charge is 0.292 e. The first-order valence-electron chi connectivity index (χ1n) is 9.41. The molecule has 2 aromatic carbocycles. The van der Waals surface area contributed by atoms with Gasteiger partial charge in [-0.3, -0.25) is 14.9 Å². The van der Waals surface area contributed by atoms with Crippen molar-refractivity contribution in [3.8, 4) is 5.69 Å². The Morgan fingerprint density at radius 2 is 1.83 bits per heavy atom. The summed E-state index contributed by atoms with van der Waals surface area (Å²) in [6, 6.07) is 14.3. The van der Waals surface area contributed by atoms with Gasteiger partial charge < -0.3 is 9.80 Å². The molecule has 1 aliphatic heterocycles. The summed E-state index contributed by atoms with van der Waals surface area (Å²) in [5.41, 5.74) is 2.44. The molecule has 1 saturated heterocycles. The molecule has 0 aliphatic carbocycles. The number of anilines is 1. The average molecular weight is 471 g/mol. The van der Waals surface area contributed by atoms with E-state index in [1.54, 1.807) is 27.8 Å². The maximum absolute atomic E-state index is 13.0. The second kappa shape index (κ2) is 8.23. The van der Waals surface area contributed by atoms with Crippen LogP contribution in [0.25, 0.3) is 5.69 Å². The molecule has 30 heavy (non-hydrogen) atoms. The first-order valence-corrected chi connectivity index (χ1v) is 10.2. The number of amides is 1. The number of nitro benzene ring substituents is 1. The Morgan fingerprint density at radius 3 is 2.53 bits per heavy atom. The van der Waals surface area contributed by atoms with E-state index in [2.05, 4.69) is 26.2 Å². The first kappa shape index (κ1) is 20.0. The predicted molar refractivity (Wildman–Crippen MR) is 115 cm³/mol. The molecule has 10 heteroatoms. The summed E-state index contributed by atoms with van der Waals surface area (Å²) >= 11 is 3.44. The Kier molecular flexibility index (Phi) is 5.49. The third-order valence-corrected chi connectivity index (χ3v) is 5.63. The molecule has 0 spiro atoms. The molecule has 0 saturated carbocycles. The van der Waals surface area contributed by atoms with Crippen molar-refractivity contribution in [3.05, 3.63) is 74.5 Å². The molecule has 4 rings (SSSR count). The van der Waals surface area contributed by atoms with Crippen LogP contribution in [0, 0.1) is 17.0 Å². The van der Waals surface area contributed by atoms with Crippen molar-refractivity contribution in [2.75, 3.05) is 31.1 Å². The quantitative estimate of drug-likeness (QED) is 0.428. The van der Waals surface area contributed by atoms with Gasteiger partial charge in [-0.15, -0.1) is 5.10 Å². The second-order valence-electron chi connectivity index (χ2n) is 6.94. The largest absolute Gasteiger partial charge is 0.362 e. The minimum atomic E-state index is -0.379. The van der Waals surface area contributed by atoms with E-state index in [9.17, 15) is 14.9 Å². The molecule has 0 atom stereocenters. The normalized spacial score (nSPS) is 14.1. The van der Waals surface area contributed by atoms with Crippen LogP contribution in [0.3, 0.4) is 0 Å². The van der Waals surface area contributed by atoms with Crippen LogP contribution in [-0.4, -0.2) is 56.9 Å². The number of carbonyl (C=O) groups is 1. The topological polar surface area (TPSA) is 97.4 Å². The molecule has 0 bridgehead atoms. The van der Waals surface area contributed by atoms with E-state index in [1.165, 1.54) is 6.07 Å². The van der Waals surface area contributed by atoms with E-state index < -0.39 is 0 Å². The molecular formula is C20H19BrN6O3. The SMILES string of the molecule is Cc1c(C(=O)N2CCN(c3ccccc3[N+](=O)[O-])CC2)nnn1-c1cccc(Br)c1. The van der Waals surface area contributed by atoms with Gasteiger partial charge in [0, 0.05) is 36.7 Å². The number of nitro groups is 1. The van der Waals surface area contributed by atoms with Crippen molar-refractivity contribution in [1.82, 2.24) is 19.9 Å². The Labute approximate surface area is 181 Å². The van der Waals surface area contributed by atoms with Crippen LogP contribution in [0.5, 0.6) is 0 Å². The highest BCUT2D eigenvalue weighted by Gasteiger charge is 2.28. The Bertz CT molecular complexity index is 1110. The monoisotopic (exact) mass is 470 g/mol. The lowest BCUT2D eigenvalue weighted by Gasteiger charge is -2.35. The number of rotatable bonds is 4. The fourth-order valence-electron chi connectivity index (χ4n) is 3.57. The zero-order valence-corrected chi connectivity index (χ0v) is 17.8. The zero-order valence-electron chi connectivity index (χ0n) is 16.2. The number of benzene rings is 2. The predicted octanol–water partition coefficient (Wildman–Crippen LogP) is 3.21. The van der Waals surface area contributed by atoms with Crippen molar-refractivity contribution in [1.29, 1.82) is 0 Å². The van der Waals surface area contributed by atoms with Crippen LogP contribution in [0.1, 0.15) is 16.2 Å². The van der Waals surface area contributed by atoms with E-state index in [-0.39, 0.29) is 16.5 Å². The van der Waals surface area contributed by atoms with Crippen molar-refractivity contribution >= 4 is 33.2 Å². The average Bonchev–Trinajstić information content (AvgIpc) is 3.14. The third-order valence-electron chi connectivity index (χ3n) is 5.14. The third kappa shape index (κ3) is 3.78. The van der Waals surface area contributed by atoms with Gasteiger partial charge in [0.1, 0.15) is 5.69 Å². The van der Waals surface area contributed by atoms with Gasteiger partial charge in [-0.25, -0.2) is 4.68 Å². The number of para-hydroxylation sites is 2. The highest BCUT2D eigenvalue weighted by molar-refractivity contribution is 9.10. The van der Waals surface area contributed by atoms with Gasteiger partial charge in [0.25, 0.3) is 11.6 Å². The zero-order chi connectivity index (χ0) is 21.3. The molecule has 2 heterocycles. The number of carbonyl (C=O) groups excluding carboxylic acids is 1. The molecule has 1 aliphatic rings. The van der Waals surface area contributed by atoms with E-state index in [4.69, 9.17) is 0 Å². The number of halogens is 1. The molecule has 3 aromatic rings. The van der Waals surface area contributed by atoms with Crippen molar-refractivity contribution < 1.29 is 9.72 Å². The molecule has 1 fully saturated rings. The summed E-state index contributed by atoms with van der Waals surface area (Å²) < 4.78 is 2.55. The number of aromatic nitrogens is 3. The van der Waals surface area contributed by atoms with Gasteiger partial charge >= 0.3 is 0 Å². The Morgan fingerprint density at radius 1 is 1.10 bits per heavy atom. The van der Waals surface area contributed by atoms with Gasteiger partial charge in [0.05, 0.1) is 16.3 Å². The van der Waals surface area contributed by atoms with Gasteiger partial charge in [0.2, 0.25) is 0 Å². The summed E-state index contributed by atoms with van der Waals surface area (Å²) in [4.78, 5) is 27.6. The maximum atomic E-state index is 13.0. The van der Waals surface area contributed by atoms with Crippen molar-refractivity contribution in [2.45, 2.75) is 6.92 Å². The van der Waals surface area contributed by atoms with Crippen LogP contribution in [-0.2, 0) is 0 Å². The summed E-state index contributed by atoms with van der Waals surface area (Å²) in [6.07, 6.45) is 0. The summed E-state index contributed by atoms with van der Waals surface area (Å²) in [6.45, 7) is 3.74. The van der Waals surface area contributed by atoms with Crippen molar-refractivity contribution in [2.24, 2.45) is 0 Å². The van der Waals surface area contributed by atoms with E-state index in [0.29, 0.717) is 43.3 Å². The first-order chi connectivity index (χ1) is 14.5. The molecule has 1 amide bonds. The number of piperazine rings is 1.